The van der Waals surface area contributed by atoms with E-state index in [-0.39, 0.29) is 0 Å². The van der Waals surface area contributed by atoms with E-state index in [1.54, 1.807) is 0 Å². The minimum absolute atomic E-state index is 0.470. The second-order valence-corrected chi connectivity index (χ2v) is 5.12. The molecule has 1 N–H and O–H groups in total. The number of aromatic nitrogens is 2. The molecule has 1 aliphatic carbocycles. The number of nitrogens with zero attached hydrogens (tertiary/aromatic N) is 2. The van der Waals surface area contributed by atoms with Gasteiger partial charge in [0.25, 0.3) is 0 Å². The van der Waals surface area contributed by atoms with Crippen LogP contribution in [-0.4, -0.2) is 20.5 Å². The lowest BCUT2D eigenvalue weighted by molar-refractivity contribution is 0.0436. The zero-order chi connectivity index (χ0) is 11.6. The third kappa shape index (κ3) is 2.46. The summed E-state index contributed by atoms with van der Waals surface area (Å²) in [6.45, 7) is 5.19. The number of hydrogen-bond acceptors (Lipinski definition) is 2. The third-order valence-electron chi connectivity index (χ3n) is 3.81. The van der Waals surface area contributed by atoms with E-state index >= 15 is 0 Å². The summed E-state index contributed by atoms with van der Waals surface area (Å²) in [7, 11) is 0. The van der Waals surface area contributed by atoms with Crippen molar-refractivity contribution in [2.75, 3.05) is 0 Å². The standard InChI is InChI=1S/C13H22N2O/c1-3-11-5-6-13(16,7-11)8-12-9-14-15(4-2)10-12/h9-11,16H,3-8H2,1-2H3. The van der Waals surface area contributed by atoms with E-state index in [4.69, 9.17) is 0 Å². The highest BCUT2D eigenvalue weighted by Crippen LogP contribution is 2.38. The molecule has 0 radical (unpaired) electrons. The first-order valence-corrected chi connectivity index (χ1v) is 6.39. The quantitative estimate of drug-likeness (QED) is 0.849. The first kappa shape index (κ1) is 11.6. The Kier molecular flexibility index (Phi) is 3.33. The highest BCUT2D eigenvalue weighted by Gasteiger charge is 2.36. The first-order valence-electron chi connectivity index (χ1n) is 6.39. The van der Waals surface area contributed by atoms with Crippen molar-refractivity contribution in [2.24, 2.45) is 5.92 Å². The smallest absolute Gasteiger partial charge is 0.0691 e. The van der Waals surface area contributed by atoms with E-state index in [1.165, 1.54) is 18.4 Å². The lowest BCUT2D eigenvalue weighted by Gasteiger charge is -2.21. The van der Waals surface area contributed by atoms with E-state index in [0.717, 1.165) is 25.8 Å². The molecule has 1 aromatic rings. The van der Waals surface area contributed by atoms with Gasteiger partial charge in [0.2, 0.25) is 0 Å². The zero-order valence-corrected chi connectivity index (χ0v) is 10.3. The van der Waals surface area contributed by atoms with Gasteiger partial charge in [0, 0.05) is 19.2 Å². The molecule has 0 bridgehead atoms. The van der Waals surface area contributed by atoms with Crippen molar-refractivity contribution >= 4 is 0 Å². The fourth-order valence-corrected chi connectivity index (χ4v) is 2.77. The summed E-state index contributed by atoms with van der Waals surface area (Å²) in [4.78, 5) is 0. The highest BCUT2D eigenvalue weighted by atomic mass is 16.3. The van der Waals surface area contributed by atoms with Crippen LogP contribution in [-0.2, 0) is 13.0 Å². The van der Waals surface area contributed by atoms with Gasteiger partial charge in [-0.05, 0) is 37.7 Å². The summed E-state index contributed by atoms with van der Waals surface area (Å²) in [6, 6.07) is 0. The normalized spacial score (nSPS) is 29.8. The SMILES string of the molecule is CCC1CCC(O)(Cc2cnn(CC)c2)C1. The second-order valence-electron chi connectivity index (χ2n) is 5.12. The molecule has 0 spiro atoms. The van der Waals surface area contributed by atoms with E-state index in [1.807, 2.05) is 10.9 Å². The maximum absolute atomic E-state index is 10.5. The predicted octanol–water partition coefficient (Wildman–Crippen LogP) is 2.39. The molecule has 1 aromatic heterocycles. The van der Waals surface area contributed by atoms with Gasteiger partial charge in [-0.2, -0.15) is 5.10 Å². The zero-order valence-electron chi connectivity index (χ0n) is 10.3. The Morgan fingerprint density at radius 1 is 1.56 bits per heavy atom. The molecule has 1 fully saturated rings. The molecule has 16 heavy (non-hydrogen) atoms. The van der Waals surface area contributed by atoms with Crippen LogP contribution in [0.3, 0.4) is 0 Å². The molecule has 3 heteroatoms. The molecular weight excluding hydrogens is 200 g/mol. The Bertz CT molecular complexity index is 347. The number of hydrogen-bond donors (Lipinski definition) is 1. The van der Waals surface area contributed by atoms with Crippen molar-refractivity contribution in [2.45, 2.75) is 58.1 Å². The van der Waals surface area contributed by atoms with E-state index < -0.39 is 5.60 Å². The minimum Gasteiger partial charge on any atom is -0.390 e. The van der Waals surface area contributed by atoms with Crippen LogP contribution >= 0.6 is 0 Å². The van der Waals surface area contributed by atoms with Crippen LogP contribution in [0.1, 0.15) is 45.1 Å². The van der Waals surface area contributed by atoms with Crippen molar-refractivity contribution in [3.05, 3.63) is 18.0 Å². The molecule has 3 nitrogen and oxygen atoms in total. The molecule has 0 aliphatic heterocycles. The van der Waals surface area contributed by atoms with Gasteiger partial charge in [0.15, 0.2) is 0 Å². The molecular formula is C13H22N2O. The molecule has 0 saturated heterocycles. The molecule has 1 heterocycles. The number of aliphatic hydroxyl groups is 1. The maximum atomic E-state index is 10.5. The van der Waals surface area contributed by atoms with Gasteiger partial charge in [0.05, 0.1) is 11.8 Å². The summed E-state index contributed by atoms with van der Waals surface area (Å²) in [6.07, 6.45) is 8.98. The van der Waals surface area contributed by atoms with Gasteiger partial charge in [-0.1, -0.05) is 13.3 Å². The van der Waals surface area contributed by atoms with Crippen molar-refractivity contribution < 1.29 is 5.11 Å². The van der Waals surface area contributed by atoms with Crippen molar-refractivity contribution in [1.29, 1.82) is 0 Å². The molecule has 90 valence electrons. The van der Waals surface area contributed by atoms with Gasteiger partial charge in [-0.3, -0.25) is 4.68 Å². The largest absolute Gasteiger partial charge is 0.390 e. The average molecular weight is 222 g/mol. The highest BCUT2D eigenvalue weighted by molar-refractivity contribution is 5.09. The van der Waals surface area contributed by atoms with Crippen LogP contribution in [0.2, 0.25) is 0 Å². The second kappa shape index (κ2) is 4.58. The van der Waals surface area contributed by atoms with Crippen LogP contribution in [0.25, 0.3) is 0 Å². The molecule has 1 saturated carbocycles. The van der Waals surface area contributed by atoms with E-state index in [0.29, 0.717) is 5.92 Å². The van der Waals surface area contributed by atoms with Gasteiger partial charge in [0.1, 0.15) is 0 Å². The summed E-state index contributed by atoms with van der Waals surface area (Å²) in [5, 5.41) is 14.7. The van der Waals surface area contributed by atoms with Crippen LogP contribution < -0.4 is 0 Å². The Morgan fingerprint density at radius 2 is 2.38 bits per heavy atom. The third-order valence-corrected chi connectivity index (χ3v) is 3.81. The van der Waals surface area contributed by atoms with Crippen molar-refractivity contribution in [1.82, 2.24) is 9.78 Å². The monoisotopic (exact) mass is 222 g/mol. The van der Waals surface area contributed by atoms with Gasteiger partial charge >= 0.3 is 0 Å². The summed E-state index contributed by atoms with van der Waals surface area (Å²) in [5.41, 5.74) is 0.698. The summed E-state index contributed by atoms with van der Waals surface area (Å²) < 4.78 is 1.92. The van der Waals surface area contributed by atoms with Crippen LogP contribution in [0.15, 0.2) is 12.4 Å². The van der Waals surface area contributed by atoms with Gasteiger partial charge in [-0.25, -0.2) is 0 Å². The molecule has 2 unspecified atom stereocenters. The molecule has 2 atom stereocenters. The Balaban J connectivity index is 1.98. The van der Waals surface area contributed by atoms with Crippen LogP contribution in [0.4, 0.5) is 0 Å². The molecule has 1 aliphatic rings. The molecule has 0 amide bonds. The average Bonchev–Trinajstić information content (AvgIpc) is 2.85. The first-order chi connectivity index (χ1) is 7.65. The van der Waals surface area contributed by atoms with Crippen molar-refractivity contribution in [3.63, 3.8) is 0 Å². The Labute approximate surface area is 97.5 Å². The number of aryl methyl sites for hydroxylation is 1. The predicted molar refractivity (Wildman–Crippen MR) is 64.2 cm³/mol. The van der Waals surface area contributed by atoms with Crippen LogP contribution in [0.5, 0.6) is 0 Å². The van der Waals surface area contributed by atoms with Gasteiger partial charge in [-0.15, -0.1) is 0 Å². The minimum atomic E-state index is -0.470. The summed E-state index contributed by atoms with van der Waals surface area (Å²) >= 11 is 0. The van der Waals surface area contributed by atoms with Crippen molar-refractivity contribution in [3.8, 4) is 0 Å². The fraction of sp³-hybridized carbons (Fsp3) is 0.769. The van der Waals surface area contributed by atoms with Crippen LogP contribution in [0, 0.1) is 5.92 Å². The lowest BCUT2D eigenvalue weighted by Crippen LogP contribution is -2.27. The van der Waals surface area contributed by atoms with Gasteiger partial charge < -0.3 is 5.11 Å². The van der Waals surface area contributed by atoms with E-state index in [9.17, 15) is 5.11 Å². The molecule has 0 aromatic carbocycles. The maximum Gasteiger partial charge on any atom is 0.0691 e. The Hall–Kier alpha value is -0.830. The topological polar surface area (TPSA) is 38.1 Å². The Morgan fingerprint density at radius 3 is 2.94 bits per heavy atom. The molecule has 2 rings (SSSR count). The number of rotatable bonds is 4. The summed E-state index contributed by atoms with van der Waals surface area (Å²) in [5.74, 6) is 0.714. The van der Waals surface area contributed by atoms with E-state index in [2.05, 4.69) is 25.1 Å². The lowest BCUT2D eigenvalue weighted by atomic mass is 9.93. The fourth-order valence-electron chi connectivity index (χ4n) is 2.77.